The predicted molar refractivity (Wildman–Crippen MR) is 134 cm³/mol. The van der Waals surface area contributed by atoms with Gasteiger partial charge in [-0.05, 0) is 17.2 Å². The Hall–Kier alpha value is -4.26. The number of ether oxygens (including phenoxy) is 1. The Labute approximate surface area is 213 Å². The van der Waals surface area contributed by atoms with Gasteiger partial charge in [-0.2, -0.15) is 5.11 Å². The highest BCUT2D eigenvalue weighted by atomic mass is 16.5. The van der Waals surface area contributed by atoms with Gasteiger partial charge < -0.3 is 19.9 Å². The summed E-state index contributed by atoms with van der Waals surface area (Å²) in [5.41, 5.74) is 3.08. The van der Waals surface area contributed by atoms with Gasteiger partial charge in [0, 0.05) is 51.9 Å². The zero-order valence-corrected chi connectivity index (χ0v) is 20.8. The summed E-state index contributed by atoms with van der Waals surface area (Å²) in [7, 11) is 3.34. The van der Waals surface area contributed by atoms with Crippen LogP contribution in [0.2, 0.25) is 0 Å². The van der Waals surface area contributed by atoms with Crippen molar-refractivity contribution < 1.29 is 14.3 Å². The molecule has 1 aromatic carbocycles. The standard InChI is InChI=1S/C24H28N10O3/c1-32(2)24(36)19-15-34(31-29-19)6-5-20-27-21(13-22(28-20)33-7-9-37-10-8-33)30-25-14-16-3-4-18-17(11-16)12-23(35)26-18/h3-4,11,13,15H,5-10,12,14H2,1-2H3,(H,26,35). The van der Waals surface area contributed by atoms with Crippen LogP contribution in [0.1, 0.15) is 27.4 Å². The highest BCUT2D eigenvalue weighted by Gasteiger charge is 2.18. The molecule has 0 radical (unpaired) electrons. The molecule has 1 saturated heterocycles. The number of amides is 2. The number of anilines is 2. The summed E-state index contributed by atoms with van der Waals surface area (Å²) in [5, 5.41) is 19.6. The lowest BCUT2D eigenvalue weighted by atomic mass is 10.1. The van der Waals surface area contributed by atoms with Crippen LogP contribution in [0.3, 0.4) is 0 Å². The molecule has 0 spiro atoms. The fourth-order valence-electron chi connectivity index (χ4n) is 4.11. The molecule has 1 fully saturated rings. The molecular weight excluding hydrogens is 476 g/mol. The van der Waals surface area contributed by atoms with Crippen molar-refractivity contribution in [1.82, 2.24) is 29.9 Å². The van der Waals surface area contributed by atoms with Crippen molar-refractivity contribution in [3.05, 3.63) is 53.1 Å². The highest BCUT2D eigenvalue weighted by Crippen LogP contribution is 2.25. The number of hydrogen-bond donors (Lipinski definition) is 1. The summed E-state index contributed by atoms with van der Waals surface area (Å²) in [6.07, 6.45) is 2.48. The van der Waals surface area contributed by atoms with Gasteiger partial charge in [0.05, 0.1) is 32.4 Å². The molecule has 13 nitrogen and oxygen atoms in total. The Bertz CT molecular complexity index is 1330. The van der Waals surface area contributed by atoms with Gasteiger partial charge in [-0.3, -0.25) is 14.3 Å². The van der Waals surface area contributed by atoms with Crippen molar-refractivity contribution in [1.29, 1.82) is 0 Å². The van der Waals surface area contributed by atoms with Crippen molar-refractivity contribution in [3.63, 3.8) is 0 Å². The highest BCUT2D eigenvalue weighted by molar-refractivity contribution is 5.99. The smallest absolute Gasteiger partial charge is 0.275 e. The van der Waals surface area contributed by atoms with E-state index in [-0.39, 0.29) is 17.5 Å². The quantitative estimate of drug-likeness (QED) is 0.456. The molecule has 0 bridgehead atoms. The number of carbonyl (C=O) groups is 2. The van der Waals surface area contributed by atoms with Crippen molar-refractivity contribution in [2.45, 2.75) is 25.9 Å². The van der Waals surface area contributed by atoms with Crippen LogP contribution in [0.15, 0.2) is 40.7 Å². The number of benzene rings is 1. The van der Waals surface area contributed by atoms with Crippen LogP contribution >= 0.6 is 0 Å². The molecule has 0 unspecified atom stereocenters. The van der Waals surface area contributed by atoms with E-state index in [2.05, 4.69) is 35.7 Å². The third kappa shape index (κ3) is 5.94. The molecule has 37 heavy (non-hydrogen) atoms. The van der Waals surface area contributed by atoms with E-state index in [0.29, 0.717) is 50.8 Å². The van der Waals surface area contributed by atoms with Gasteiger partial charge in [-0.15, -0.1) is 10.2 Å². The van der Waals surface area contributed by atoms with Crippen LogP contribution in [-0.2, 0) is 35.5 Å². The summed E-state index contributed by atoms with van der Waals surface area (Å²) in [4.78, 5) is 36.6. The van der Waals surface area contributed by atoms with Crippen LogP contribution in [0.4, 0.5) is 17.3 Å². The van der Waals surface area contributed by atoms with Crippen molar-refractivity contribution in [2.75, 3.05) is 50.6 Å². The van der Waals surface area contributed by atoms with E-state index in [9.17, 15) is 9.59 Å². The second-order valence-corrected chi connectivity index (χ2v) is 9.03. The van der Waals surface area contributed by atoms with Gasteiger partial charge in [-0.1, -0.05) is 17.3 Å². The van der Waals surface area contributed by atoms with Gasteiger partial charge in [0.15, 0.2) is 11.5 Å². The first kappa shape index (κ1) is 24.4. The monoisotopic (exact) mass is 504 g/mol. The molecule has 13 heteroatoms. The molecule has 0 atom stereocenters. The second-order valence-electron chi connectivity index (χ2n) is 9.03. The molecule has 2 amide bonds. The molecular formula is C24H28N10O3. The van der Waals surface area contributed by atoms with E-state index in [1.807, 2.05) is 24.3 Å². The number of nitrogens with zero attached hydrogens (tertiary/aromatic N) is 9. The van der Waals surface area contributed by atoms with E-state index < -0.39 is 0 Å². The molecule has 2 aliphatic heterocycles. The first-order valence-electron chi connectivity index (χ1n) is 12.1. The van der Waals surface area contributed by atoms with Crippen molar-refractivity contribution in [2.24, 2.45) is 10.2 Å². The first-order chi connectivity index (χ1) is 17.9. The minimum absolute atomic E-state index is 0.00403. The number of rotatable bonds is 8. The van der Waals surface area contributed by atoms with Crippen LogP contribution in [0, 0.1) is 0 Å². The number of morpholine rings is 1. The number of azo groups is 1. The Balaban J connectivity index is 1.31. The lowest BCUT2D eigenvalue weighted by Crippen LogP contribution is -2.36. The minimum atomic E-state index is -0.203. The normalized spacial score (nSPS) is 15.2. The number of aryl methyl sites for hydroxylation is 2. The molecule has 1 N–H and O–H groups in total. The van der Waals surface area contributed by atoms with Gasteiger partial charge >= 0.3 is 0 Å². The average Bonchev–Trinajstić information content (AvgIpc) is 3.53. The second kappa shape index (κ2) is 10.8. The predicted octanol–water partition coefficient (Wildman–Crippen LogP) is 1.63. The van der Waals surface area contributed by atoms with Crippen molar-refractivity contribution in [3.8, 4) is 0 Å². The first-order valence-corrected chi connectivity index (χ1v) is 12.1. The molecule has 5 rings (SSSR count). The summed E-state index contributed by atoms with van der Waals surface area (Å²) < 4.78 is 7.08. The summed E-state index contributed by atoms with van der Waals surface area (Å²) in [6.45, 7) is 3.55. The number of carbonyl (C=O) groups excluding carboxylic acids is 2. The van der Waals surface area contributed by atoms with E-state index in [1.165, 1.54) is 4.90 Å². The third-order valence-corrected chi connectivity index (χ3v) is 6.03. The Morgan fingerprint density at radius 2 is 2.03 bits per heavy atom. The Morgan fingerprint density at radius 3 is 2.84 bits per heavy atom. The minimum Gasteiger partial charge on any atom is -0.378 e. The number of fused-ring (bicyclic) bond motifs is 1. The zero-order chi connectivity index (χ0) is 25.8. The molecule has 2 aliphatic rings. The van der Waals surface area contributed by atoms with Crippen molar-refractivity contribution >= 4 is 29.1 Å². The maximum atomic E-state index is 12.1. The van der Waals surface area contributed by atoms with Crippen LogP contribution in [0.25, 0.3) is 0 Å². The molecule has 2 aromatic heterocycles. The van der Waals surface area contributed by atoms with E-state index in [0.717, 1.165) is 35.7 Å². The summed E-state index contributed by atoms with van der Waals surface area (Å²) in [6, 6.07) is 7.63. The zero-order valence-electron chi connectivity index (χ0n) is 20.8. The third-order valence-electron chi connectivity index (χ3n) is 6.03. The molecule has 192 valence electrons. The summed E-state index contributed by atoms with van der Waals surface area (Å²) >= 11 is 0. The maximum absolute atomic E-state index is 12.1. The topological polar surface area (TPSA) is 143 Å². The van der Waals surface area contributed by atoms with Gasteiger partial charge in [-0.25, -0.2) is 9.97 Å². The maximum Gasteiger partial charge on any atom is 0.275 e. The molecule has 0 saturated carbocycles. The Morgan fingerprint density at radius 1 is 1.19 bits per heavy atom. The number of nitrogens with one attached hydrogen (secondary N) is 1. The van der Waals surface area contributed by atoms with Gasteiger partial charge in [0.1, 0.15) is 11.6 Å². The van der Waals surface area contributed by atoms with Crippen LogP contribution in [0.5, 0.6) is 0 Å². The van der Waals surface area contributed by atoms with E-state index in [1.54, 1.807) is 25.0 Å². The molecule has 0 aliphatic carbocycles. The van der Waals surface area contributed by atoms with E-state index >= 15 is 0 Å². The Kier molecular flexibility index (Phi) is 7.12. The fraction of sp³-hybridized carbons (Fsp3) is 0.417. The molecule has 4 heterocycles. The lowest BCUT2D eigenvalue weighted by molar-refractivity contribution is -0.115. The van der Waals surface area contributed by atoms with Gasteiger partial charge in [0.25, 0.3) is 5.91 Å². The largest absolute Gasteiger partial charge is 0.378 e. The number of hydrogen-bond acceptors (Lipinski definition) is 10. The lowest BCUT2D eigenvalue weighted by Gasteiger charge is -2.28. The van der Waals surface area contributed by atoms with E-state index in [4.69, 9.17) is 9.72 Å². The van der Waals surface area contributed by atoms with Crippen LogP contribution < -0.4 is 10.2 Å². The average molecular weight is 505 g/mol. The summed E-state index contributed by atoms with van der Waals surface area (Å²) in [5.74, 6) is 1.63. The molecule has 3 aromatic rings. The van der Waals surface area contributed by atoms with Gasteiger partial charge in [0.2, 0.25) is 5.91 Å². The fourth-order valence-corrected chi connectivity index (χ4v) is 4.11. The SMILES string of the molecule is CN(C)C(=O)c1cn(CCc2nc(N=NCc3ccc4c(c3)CC(=O)N4)cc(N3CCOCC3)n2)nn1. The number of aromatic nitrogens is 5. The van der Waals surface area contributed by atoms with Crippen LogP contribution in [-0.4, -0.2) is 82.1 Å².